The van der Waals surface area contributed by atoms with Crippen molar-refractivity contribution in [3.63, 3.8) is 0 Å². The number of furan rings is 1. The maximum absolute atomic E-state index is 6.21. The summed E-state index contributed by atoms with van der Waals surface area (Å²) in [6, 6.07) is 12.7. The van der Waals surface area contributed by atoms with Crippen LogP contribution < -0.4 is 0 Å². The number of hydrogen-bond donors (Lipinski definition) is 0. The maximum atomic E-state index is 6.21. The van der Waals surface area contributed by atoms with Gasteiger partial charge in [-0.05, 0) is 108 Å². The fraction of sp³-hybridized carbons (Fsp3) is 0.226. The third kappa shape index (κ3) is 3.27. The molecular formula is C31H28N2O. The monoisotopic (exact) mass is 444 g/mol. The van der Waals surface area contributed by atoms with Crippen LogP contribution in [-0.4, -0.2) is 11.4 Å². The van der Waals surface area contributed by atoms with E-state index in [4.69, 9.17) is 14.4 Å². The van der Waals surface area contributed by atoms with Crippen molar-refractivity contribution >= 4 is 34.7 Å². The van der Waals surface area contributed by atoms with E-state index >= 15 is 0 Å². The van der Waals surface area contributed by atoms with Gasteiger partial charge in [0.15, 0.2) is 0 Å². The average Bonchev–Trinajstić information content (AvgIpc) is 3.56. The van der Waals surface area contributed by atoms with Crippen molar-refractivity contribution in [2.75, 3.05) is 0 Å². The molecule has 1 aromatic heterocycles. The van der Waals surface area contributed by atoms with Crippen LogP contribution in [0.3, 0.4) is 0 Å². The van der Waals surface area contributed by atoms with Gasteiger partial charge in [-0.15, -0.1) is 0 Å². The lowest BCUT2D eigenvalue weighted by Crippen LogP contribution is -1.98. The second-order valence-corrected chi connectivity index (χ2v) is 9.27. The van der Waals surface area contributed by atoms with Gasteiger partial charge in [-0.25, -0.2) is 9.98 Å². The molecule has 8 bridgehead atoms. The summed E-state index contributed by atoms with van der Waals surface area (Å²) in [5, 5.41) is 0. The molecule has 168 valence electrons. The van der Waals surface area contributed by atoms with Crippen LogP contribution in [0.1, 0.15) is 69.6 Å². The van der Waals surface area contributed by atoms with Crippen molar-refractivity contribution in [2.24, 2.45) is 9.98 Å². The van der Waals surface area contributed by atoms with E-state index in [-0.39, 0.29) is 0 Å². The molecule has 0 saturated heterocycles. The first-order valence-electron chi connectivity index (χ1n) is 12.2. The van der Waals surface area contributed by atoms with E-state index < -0.39 is 0 Å². The van der Waals surface area contributed by atoms with Gasteiger partial charge >= 0.3 is 0 Å². The quantitative estimate of drug-likeness (QED) is 0.460. The van der Waals surface area contributed by atoms with E-state index in [9.17, 15) is 0 Å². The van der Waals surface area contributed by atoms with Crippen molar-refractivity contribution in [2.45, 2.75) is 47.0 Å². The Hall–Kier alpha value is -3.72. The van der Waals surface area contributed by atoms with E-state index in [0.717, 1.165) is 53.6 Å². The maximum Gasteiger partial charge on any atom is 0.129 e. The van der Waals surface area contributed by atoms with E-state index in [2.05, 4.69) is 82.3 Å². The first-order chi connectivity index (χ1) is 16.6. The molecule has 0 spiro atoms. The average molecular weight is 445 g/mol. The van der Waals surface area contributed by atoms with Gasteiger partial charge in [0.05, 0.1) is 22.8 Å². The van der Waals surface area contributed by atoms with Gasteiger partial charge in [0.2, 0.25) is 0 Å². The fourth-order valence-corrected chi connectivity index (χ4v) is 5.49. The van der Waals surface area contributed by atoms with Crippen LogP contribution in [0.5, 0.6) is 0 Å². The van der Waals surface area contributed by atoms with Crippen LogP contribution in [0.15, 0.2) is 96.6 Å². The molecule has 6 rings (SSSR count). The Morgan fingerprint density at radius 1 is 0.676 bits per heavy atom. The summed E-state index contributed by atoms with van der Waals surface area (Å²) in [5.41, 5.74) is 14.3. The van der Waals surface area contributed by atoms with E-state index in [1.165, 1.54) is 44.6 Å². The lowest BCUT2D eigenvalue weighted by atomic mass is 9.98. The molecule has 0 atom stereocenters. The number of nitrogens with zero attached hydrogens (tertiary/aromatic N) is 2. The molecular weight excluding hydrogens is 416 g/mol. The predicted octanol–water partition coefficient (Wildman–Crippen LogP) is 8.21. The summed E-state index contributed by atoms with van der Waals surface area (Å²) in [6.07, 6.45) is 11.5. The Bertz CT molecular complexity index is 1490. The SMILES string of the molecule is CCC1=C(C)C2=NC1=CC1=NC(=Cc3ccc(o3)C=C3CC(=C2)c2ccccc23)C(C)=C1CC. The number of aliphatic imine (C=N–C) groups is 2. The van der Waals surface area contributed by atoms with Crippen molar-refractivity contribution in [3.8, 4) is 0 Å². The number of allylic oxidation sites excluding steroid dienone is 8. The Morgan fingerprint density at radius 3 is 2.03 bits per heavy atom. The standard InChI is InChI=1S/C31H28N2O/c1-5-24-18(3)28-15-21-13-20(26-9-7-8-10-27(21)26)14-22-11-12-23(34-22)16-29-19(4)25(6-2)31(33-29)17-30(24)32-28/h7-12,14-17H,5-6,13H2,1-4H3. The molecule has 0 N–H and O–H groups in total. The molecule has 1 aromatic carbocycles. The van der Waals surface area contributed by atoms with Gasteiger partial charge in [-0.2, -0.15) is 0 Å². The van der Waals surface area contributed by atoms with Crippen LogP contribution in [0, 0.1) is 0 Å². The van der Waals surface area contributed by atoms with E-state index in [0.29, 0.717) is 0 Å². The zero-order chi connectivity index (χ0) is 23.4. The summed E-state index contributed by atoms with van der Waals surface area (Å²) < 4.78 is 6.21. The number of rotatable bonds is 2. The molecule has 3 heteroatoms. The van der Waals surface area contributed by atoms with Crippen LogP contribution in [0.2, 0.25) is 0 Å². The second kappa shape index (κ2) is 7.95. The largest absolute Gasteiger partial charge is 0.457 e. The molecule has 34 heavy (non-hydrogen) atoms. The van der Waals surface area contributed by atoms with Crippen LogP contribution in [0.4, 0.5) is 0 Å². The Balaban J connectivity index is 1.61. The highest BCUT2D eigenvalue weighted by atomic mass is 16.3. The Labute approximate surface area is 201 Å². The van der Waals surface area contributed by atoms with Gasteiger partial charge < -0.3 is 4.42 Å². The lowest BCUT2D eigenvalue weighted by Gasteiger charge is -2.04. The second-order valence-electron chi connectivity index (χ2n) is 9.27. The summed E-state index contributed by atoms with van der Waals surface area (Å²) >= 11 is 0. The Morgan fingerprint density at radius 2 is 1.32 bits per heavy atom. The normalized spacial score (nSPS) is 18.9. The number of benzene rings is 1. The third-order valence-electron chi connectivity index (χ3n) is 7.31. The van der Waals surface area contributed by atoms with Crippen molar-refractivity contribution in [1.29, 1.82) is 0 Å². The molecule has 0 radical (unpaired) electrons. The number of fused-ring (bicyclic) bond motifs is 9. The summed E-state index contributed by atoms with van der Waals surface area (Å²) in [4.78, 5) is 10.1. The molecule has 0 amide bonds. The minimum atomic E-state index is 0.828. The third-order valence-corrected chi connectivity index (χ3v) is 7.31. The van der Waals surface area contributed by atoms with Crippen molar-refractivity contribution in [3.05, 3.63) is 105 Å². The highest BCUT2D eigenvalue weighted by Crippen LogP contribution is 2.43. The topological polar surface area (TPSA) is 37.9 Å². The predicted molar refractivity (Wildman–Crippen MR) is 143 cm³/mol. The smallest absolute Gasteiger partial charge is 0.129 e. The summed E-state index contributed by atoms with van der Waals surface area (Å²) in [6.45, 7) is 8.77. The summed E-state index contributed by atoms with van der Waals surface area (Å²) in [7, 11) is 0. The fourth-order valence-electron chi connectivity index (χ4n) is 5.49. The van der Waals surface area contributed by atoms with Crippen molar-refractivity contribution < 1.29 is 4.42 Å². The van der Waals surface area contributed by atoms with Gasteiger partial charge in [0.1, 0.15) is 11.5 Å². The summed E-state index contributed by atoms with van der Waals surface area (Å²) in [5.74, 6) is 1.70. The molecule has 4 aliphatic rings. The van der Waals surface area contributed by atoms with Gasteiger partial charge in [0.25, 0.3) is 0 Å². The number of hydrogen-bond acceptors (Lipinski definition) is 3. The van der Waals surface area contributed by atoms with E-state index in [1.807, 2.05) is 6.07 Å². The van der Waals surface area contributed by atoms with Crippen molar-refractivity contribution in [1.82, 2.24) is 0 Å². The highest BCUT2D eigenvalue weighted by Gasteiger charge is 2.26. The van der Waals surface area contributed by atoms with E-state index in [1.54, 1.807) is 0 Å². The first-order valence-corrected chi connectivity index (χ1v) is 12.2. The van der Waals surface area contributed by atoms with Gasteiger partial charge in [-0.3, -0.25) is 0 Å². The molecule has 1 aliphatic carbocycles. The zero-order valence-electron chi connectivity index (χ0n) is 20.2. The highest BCUT2D eigenvalue weighted by molar-refractivity contribution is 6.18. The molecule has 0 fully saturated rings. The molecule has 3 aliphatic heterocycles. The van der Waals surface area contributed by atoms with Gasteiger partial charge in [0, 0.05) is 6.08 Å². The lowest BCUT2D eigenvalue weighted by molar-refractivity contribution is 0.547. The van der Waals surface area contributed by atoms with Crippen LogP contribution in [-0.2, 0) is 0 Å². The Kier molecular flexibility index (Phi) is 4.88. The molecule has 0 saturated carbocycles. The zero-order valence-corrected chi connectivity index (χ0v) is 20.2. The minimum Gasteiger partial charge on any atom is -0.457 e. The molecule has 0 unspecified atom stereocenters. The molecule has 2 aromatic rings. The molecule has 4 heterocycles. The van der Waals surface area contributed by atoms with Gasteiger partial charge in [-0.1, -0.05) is 38.1 Å². The van der Waals surface area contributed by atoms with Crippen LogP contribution >= 0.6 is 0 Å². The molecule has 3 nitrogen and oxygen atoms in total. The minimum absolute atomic E-state index is 0.828. The van der Waals surface area contributed by atoms with Crippen LogP contribution in [0.25, 0.3) is 23.3 Å². The first kappa shape index (κ1) is 20.9.